The van der Waals surface area contributed by atoms with Crippen molar-refractivity contribution in [2.45, 2.75) is 63.2 Å². The molecule has 0 radical (unpaired) electrons. The summed E-state index contributed by atoms with van der Waals surface area (Å²) in [5.41, 5.74) is 3.92. The van der Waals surface area contributed by atoms with Gasteiger partial charge in [-0.2, -0.15) is 4.98 Å². The molecule has 0 atom stereocenters. The third-order valence-corrected chi connectivity index (χ3v) is 9.63. The van der Waals surface area contributed by atoms with Gasteiger partial charge in [0, 0.05) is 22.6 Å². The highest BCUT2D eigenvalue weighted by atomic mass is 35.5. The minimum absolute atomic E-state index is 0.0218. The van der Waals surface area contributed by atoms with E-state index in [1.54, 1.807) is 25.1 Å². The van der Waals surface area contributed by atoms with Gasteiger partial charge >= 0.3 is 5.97 Å². The molecule has 1 N–H and O–H groups in total. The number of benzene rings is 2. The van der Waals surface area contributed by atoms with Crippen LogP contribution in [0.3, 0.4) is 0 Å². The summed E-state index contributed by atoms with van der Waals surface area (Å²) < 4.78 is 11.7. The van der Waals surface area contributed by atoms with Crippen molar-refractivity contribution in [3.05, 3.63) is 80.9 Å². The predicted octanol–water partition coefficient (Wildman–Crippen LogP) is 8.50. The van der Waals surface area contributed by atoms with Gasteiger partial charge in [0.15, 0.2) is 0 Å². The minimum Gasteiger partial charge on any atom is -0.478 e. The first-order valence-electron chi connectivity index (χ1n) is 13.6. The highest BCUT2D eigenvalue weighted by Gasteiger charge is 2.56. The number of aromatic carboxylic acids is 1. The Morgan fingerprint density at radius 1 is 1.05 bits per heavy atom. The second-order valence-electron chi connectivity index (χ2n) is 11.6. The van der Waals surface area contributed by atoms with Crippen LogP contribution < -0.4 is 0 Å². The van der Waals surface area contributed by atoms with Gasteiger partial charge in [-0.25, -0.2) is 4.79 Å². The first-order chi connectivity index (χ1) is 19.3. The molecule has 40 heavy (non-hydrogen) atoms. The lowest BCUT2D eigenvalue weighted by atomic mass is 9.81. The smallest absolute Gasteiger partial charge is 0.335 e. The minimum atomic E-state index is -0.949. The number of hydrogen-bond acceptors (Lipinski definition) is 6. The summed E-state index contributed by atoms with van der Waals surface area (Å²) in [5, 5.41) is 19.1. The van der Waals surface area contributed by atoms with Crippen LogP contribution >= 0.6 is 23.2 Å². The molecule has 0 unspecified atom stereocenters. The fourth-order valence-corrected chi connectivity index (χ4v) is 7.22. The second-order valence-corrected chi connectivity index (χ2v) is 12.4. The average Bonchev–Trinajstić information content (AvgIpc) is 3.28. The molecule has 3 saturated carbocycles. The quantitative estimate of drug-likeness (QED) is 0.235. The number of allylic oxidation sites excluding steroid dienone is 1. The van der Waals surface area contributed by atoms with Crippen LogP contribution in [0.25, 0.3) is 28.7 Å². The van der Waals surface area contributed by atoms with E-state index in [1.165, 1.54) is 0 Å². The topological polar surface area (TPSA) is 102 Å². The lowest BCUT2D eigenvalue weighted by molar-refractivity contribution is 0.0696. The highest BCUT2D eigenvalue weighted by Crippen LogP contribution is 2.63. The molecule has 2 bridgehead atoms. The Morgan fingerprint density at radius 2 is 1.80 bits per heavy atom. The molecule has 7 nitrogen and oxygen atoms in total. The number of carboxylic acids is 1. The molecular formula is C31H27Cl2N3O4. The summed E-state index contributed by atoms with van der Waals surface area (Å²) in [6, 6.07) is 10.6. The van der Waals surface area contributed by atoms with Crippen LogP contribution in [0.15, 0.2) is 51.5 Å². The molecule has 0 aliphatic heterocycles. The Kier molecular flexibility index (Phi) is 5.95. The average molecular weight is 576 g/mol. The standard InChI is InChI=1S/C31H27Cl2N3O4/c1-17-15-19(7-8-20(17)28(37)38)27-34-29(40-36-27)31-13-11-30(16-31,12-14-31)10-9-21-25(35-39-26(21)18-5-6-18)24-22(32)3-2-4-23(24)33/h2-4,7-10,15,18H,5-6,11-14,16H2,1H3,(H,37,38). The van der Waals surface area contributed by atoms with Crippen molar-refractivity contribution in [1.82, 2.24) is 15.3 Å². The van der Waals surface area contributed by atoms with Crippen molar-refractivity contribution in [3.8, 4) is 22.6 Å². The van der Waals surface area contributed by atoms with Crippen LogP contribution in [0.4, 0.5) is 0 Å². The molecule has 2 aromatic heterocycles. The van der Waals surface area contributed by atoms with Crippen molar-refractivity contribution < 1.29 is 18.9 Å². The lowest BCUT2D eigenvalue weighted by Gasteiger charge is -2.23. The largest absolute Gasteiger partial charge is 0.478 e. The summed E-state index contributed by atoms with van der Waals surface area (Å²) in [4.78, 5) is 16.2. The summed E-state index contributed by atoms with van der Waals surface area (Å²) in [5.74, 6) is 1.50. The summed E-state index contributed by atoms with van der Waals surface area (Å²) in [7, 11) is 0. The highest BCUT2D eigenvalue weighted by molar-refractivity contribution is 6.39. The molecule has 2 heterocycles. The molecule has 3 aliphatic rings. The van der Waals surface area contributed by atoms with Gasteiger partial charge in [-0.3, -0.25) is 0 Å². The SMILES string of the molecule is Cc1cc(-c2noc(C34CCC(C=Cc5c(-c6c(Cl)cccc6Cl)noc5C5CC5)(CC3)C4)n2)ccc1C(=O)O. The van der Waals surface area contributed by atoms with Gasteiger partial charge in [-0.1, -0.05) is 57.8 Å². The first-order valence-corrected chi connectivity index (χ1v) is 14.3. The molecule has 3 fully saturated rings. The normalized spacial score (nSPS) is 23.9. The van der Waals surface area contributed by atoms with E-state index in [4.69, 9.17) is 37.2 Å². The number of carbonyl (C=O) groups is 1. The van der Waals surface area contributed by atoms with Gasteiger partial charge in [-0.05, 0) is 87.1 Å². The van der Waals surface area contributed by atoms with E-state index in [0.717, 1.165) is 61.8 Å². The van der Waals surface area contributed by atoms with Crippen molar-refractivity contribution in [2.75, 3.05) is 0 Å². The van der Waals surface area contributed by atoms with E-state index >= 15 is 0 Å². The van der Waals surface area contributed by atoms with Crippen LogP contribution in [0, 0.1) is 12.3 Å². The van der Waals surface area contributed by atoms with Gasteiger partial charge in [0.25, 0.3) is 0 Å². The third-order valence-electron chi connectivity index (χ3n) is 9.00. The predicted molar refractivity (Wildman–Crippen MR) is 152 cm³/mol. The van der Waals surface area contributed by atoms with Crippen LogP contribution in [-0.4, -0.2) is 26.4 Å². The zero-order chi connectivity index (χ0) is 27.6. The number of carboxylic acid groups (broad SMARTS) is 1. The maximum atomic E-state index is 11.4. The van der Waals surface area contributed by atoms with Crippen LogP contribution in [0.5, 0.6) is 0 Å². The lowest BCUT2D eigenvalue weighted by Crippen LogP contribution is -2.19. The van der Waals surface area contributed by atoms with Gasteiger partial charge in [0.2, 0.25) is 11.7 Å². The number of nitrogens with zero attached hydrogens (tertiary/aromatic N) is 3. The van der Waals surface area contributed by atoms with E-state index < -0.39 is 5.97 Å². The number of aromatic nitrogens is 3. The molecule has 0 saturated heterocycles. The van der Waals surface area contributed by atoms with E-state index in [9.17, 15) is 9.90 Å². The molecule has 0 spiro atoms. The van der Waals surface area contributed by atoms with Gasteiger partial charge < -0.3 is 14.2 Å². The molecule has 7 rings (SSSR count). The molecule has 0 amide bonds. The summed E-state index contributed by atoms with van der Waals surface area (Å²) in [6.45, 7) is 1.77. The van der Waals surface area contributed by atoms with Gasteiger partial charge in [0.05, 0.1) is 21.0 Å². The molecule has 9 heteroatoms. The van der Waals surface area contributed by atoms with Crippen LogP contribution in [0.1, 0.15) is 84.0 Å². The first kappa shape index (κ1) is 25.5. The summed E-state index contributed by atoms with van der Waals surface area (Å²) in [6.07, 6.45) is 11.6. The maximum Gasteiger partial charge on any atom is 0.335 e. The van der Waals surface area contributed by atoms with E-state index in [1.807, 2.05) is 18.2 Å². The Labute approximate surface area is 241 Å². The zero-order valence-corrected chi connectivity index (χ0v) is 23.4. The third kappa shape index (κ3) is 4.18. The number of halogens is 2. The molecule has 204 valence electrons. The number of hydrogen-bond donors (Lipinski definition) is 1. The Morgan fingerprint density at radius 3 is 2.48 bits per heavy atom. The number of aryl methyl sites for hydroxylation is 1. The monoisotopic (exact) mass is 575 g/mol. The van der Waals surface area contributed by atoms with Crippen molar-refractivity contribution in [3.63, 3.8) is 0 Å². The number of fused-ring (bicyclic) bond motifs is 2. The van der Waals surface area contributed by atoms with Gasteiger partial charge in [0.1, 0.15) is 11.5 Å². The van der Waals surface area contributed by atoms with E-state index in [2.05, 4.69) is 22.5 Å². The van der Waals surface area contributed by atoms with Crippen molar-refractivity contribution >= 4 is 35.2 Å². The maximum absolute atomic E-state index is 11.4. The molecule has 3 aliphatic carbocycles. The Bertz CT molecular complexity index is 1660. The van der Waals surface area contributed by atoms with Crippen LogP contribution in [-0.2, 0) is 5.41 Å². The zero-order valence-electron chi connectivity index (χ0n) is 21.9. The Hall–Kier alpha value is -3.42. The van der Waals surface area contributed by atoms with Gasteiger partial charge in [-0.15, -0.1) is 0 Å². The second kappa shape index (κ2) is 9.32. The van der Waals surface area contributed by atoms with Crippen LogP contribution in [0.2, 0.25) is 10.0 Å². The van der Waals surface area contributed by atoms with E-state index in [0.29, 0.717) is 44.5 Å². The molecule has 2 aromatic carbocycles. The fourth-order valence-electron chi connectivity index (χ4n) is 6.64. The number of rotatable bonds is 7. The van der Waals surface area contributed by atoms with Crippen molar-refractivity contribution in [2.24, 2.45) is 5.41 Å². The van der Waals surface area contributed by atoms with Crippen molar-refractivity contribution in [1.29, 1.82) is 0 Å². The molecule has 4 aromatic rings. The molecular weight excluding hydrogens is 549 g/mol. The Balaban J connectivity index is 1.17. The van der Waals surface area contributed by atoms with E-state index in [-0.39, 0.29) is 16.4 Å². The fraction of sp³-hybridized carbons (Fsp3) is 0.355. The summed E-state index contributed by atoms with van der Waals surface area (Å²) >= 11 is 13.1.